The number of thioether (sulfide) groups is 1. The minimum atomic E-state index is -0.345. The van der Waals surface area contributed by atoms with Crippen LogP contribution in [-0.4, -0.2) is 27.2 Å². The highest BCUT2D eigenvalue weighted by molar-refractivity contribution is 7.99. The Morgan fingerprint density at radius 1 is 1.10 bits per heavy atom. The van der Waals surface area contributed by atoms with E-state index in [1.165, 1.54) is 0 Å². The summed E-state index contributed by atoms with van der Waals surface area (Å²) in [5, 5.41) is 12.9. The van der Waals surface area contributed by atoms with E-state index >= 15 is 0 Å². The predicted octanol–water partition coefficient (Wildman–Crippen LogP) is 5.66. The molecule has 0 radical (unpaired) electrons. The van der Waals surface area contributed by atoms with Crippen molar-refractivity contribution in [3.63, 3.8) is 0 Å². The smallest absolute Gasteiger partial charge is 0.247 e. The second kappa shape index (κ2) is 9.09. The van der Waals surface area contributed by atoms with Crippen LogP contribution >= 0.6 is 11.8 Å². The third kappa shape index (κ3) is 4.59. The van der Waals surface area contributed by atoms with Gasteiger partial charge in [-0.2, -0.15) is 4.98 Å². The normalized spacial score (nSPS) is 15.5. The number of aromatic nitrogens is 3. The van der Waals surface area contributed by atoms with Crippen LogP contribution in [-0.2, 0) is 0 Å². The van der Waals surface area contributed by atoms with Gasteiger partial charge in [0, 0.05) is 17.0 Å². The quantitative estimate of drug-likeness (QED) is 0.422. The summed E-state index contributed by atoms with van der Waals surface area (Å²) < 4.78 is 6.31. The highest BCUT2D eigenvalue weighted by Crippen LogP contribution is 2.37. The van der Waals surface area contributed by atoms with Crippen molar-refractivity contribution >= 4 is 23.5 Å². The van der Waals surface area contributed by atoms with E-state index in [0.29, 0.717) is 16.7 Å². The molecule has 0 saturated carbocycles. The molecule has 1 aromatic heterocycles. The zero-order valence-corrected chi connectivity index (χ0v) is 17.4. The molecule has 0 bridgehead atoms. The van der Waals surface area contributed by atoms with E-state index < -0.39 is 0 Å². The molecule has 0 aliphatic carbocycles. The third-order valence-electron chi connectivity index (χ3n) is 4.67. The molecule has 6 heteroatoms. The van der Waals surface area contributed by atoms with Gasteiger partial charge in [-0.3, -0.25) is 0 Å². The number of hydrogen-bond acceptors (Lipinski definition) is 6. The Balaban J connectivity index is 1.69. The van der Waals surface area contributed by atoms with Gasteiger partial charge in [-0.1, -0.05) is 79.7 Å². The van der Waals surface area contributed by atoms with Crippen molar-refractivity contribution in [1.82, 2.24) is 15.2 Å². The number of hydrogen-bond donors (Lipinski definition) is 1. The van der Waals surface area contributed by atoms with E-state index in [0.717, 1.165) is 41.0 Å². The Labute approximate surface area is 175 Å². The minimum absolute atomic E-state index is 0.345. The molecular formula is C23H24N4OS. The van der Waals surface area contributed by atoms with Crippen LogP contribution < -0.4 is 10.1 Å². The van der Waals surface area contributed by atoms with Crippen molar-refractivity contribution in [1.29, 1.82) is 0 Å². The molecule has 148 valence electrons. The SMILES string of the molecule is CCCCSc1nnc2c(n1)OC(C(C)=Cc1ccccc1)Nc1ccccc1-2. The second-order valence-corrected chi connectivity index (χ2v) is 8.00. The van der Waals surface area contributed by atoms with Crippen LogP contribution in [0.25, 0.3) is 17.3 Å². The van der Waals surface area contributed by atoms with Crippen molar-refractivity contribution in [2.75, 3.05) is 11.1 Å². The molecule has 0 spiro atoms. The standard InChI is InChI=1S/C23H24N4OS/c1-3-4-14-29-23-25-22-20(26-27-23)18-12-8-9-13-19(18)24-21(28-22)16(2)15-17-10-6-5-7-11-17/h5-13,15,21,24H,3-4,14H2,1-2H3. The Morgan fingerprint density at radius 2 is 1.90 bits per heavy atom. The number of anilines is 1. The summed E-state index contributed by atoms with van der Waals surface area (Å²) in [7, 11) is 0. The maximum Gasteiger partial charge on any atom is 0.247 e. The van der Waals surface area contributed by atoms with E-state index in [1.807, 2.05) is 42.5 Å². The van der Waals surface area contributed by atoms with E-state index in [1.54, 1.807) is 11.8 Å². The average molecular weight is 405 g/mol. The second-order valence-electron chi connectivity index (χ2n) is 6.94. The zero-order chi connectivity index (χ0) is 20.1. The molecule has 29 heavy (non-hydrogen) atoms. The first-order valence-electron chi connectivity index (χ1n) is 9.88. The number of benzene rings is 2. The number of para-hydroxylation sites is 1. The first kappa shape index (κ1) is 19.5. The highest BCUT2D eigenvalue weighted by atomic mass is 32.2. The van der Waals surface area contributed by atoms with Gasteiger partial charge in [0.1, 0.15) is 0 Å². The summed E-state index contributed by atoms with van der Waals surface area (Å²) in [4.78, 5) is 4.68. The minimum Gasteiger partial charge on any atom is -0.448 e. The monoisotopic (exact) mass is 404 g/mol. The molecular weight excluding hydrogens is 380 g/mol. The molecule has 1 aliphatic rings. The molecule has 4 rings (SSSR count). The summed E-state index contributed by atoms with van der Waals surface area (Å²) in [6.45, 7) is 4.23. The number of unbranched alkanes of at least 4 members (excludes halogenated alkanes) is 1. The lowest BCUT2D eigenvalue weighted by Crippen LogP contribution is -2.27. The molecule has 1 unspecified atom stereocenters. The highest BCUT2D eigenvalue weighted by Gasteiger charge is 2.25. The summed E-state index contributed by atoms with van der Waals surface area (Å²) in [6.07, 6.45) is 4.04. The lowest BCUT2D eigenvalue weighted by atomic mass is 10.1. The van der Waals surface area contributed by atoms with Gasteiger partial charge in [0.25, 0.3) is 0 Å². The third-order valence-corrected chi connectivity index (χ3v) is 5.59. The molecule has 3 aromatic rings. The number of ether oxygens (including phenoxy) is 1. The lowest BCUT2D eigenvalue weighted by Gasteiger charge is -2.20. The van der Waals surface area contributed by atoms with Crippen molar-refractivity contribution in [3.8, 4) is 17.1 Å². The van der Waals surface area contributed by atoms with Gasteiger partial charge in [-0.25, -0.2) is 0 Å². The molecule has 5 nitrogen and oxygen atoms in total. The number of fused-ring (bicyclic) bond motifs is 3. The lowest BCUT2D eigenvalue weighted by molar-refractivity contribution is 0.255. The maximum absolute atomic E-state index is 6.31. The van der Waals surface area contributed by atoms with Crippen molar-refractivity contribution in [2.45, 2.75) is 38.1 Å². The topological polar surface area (TPSA) is 59.9 Å². The van der Waals surface area contributed by atoms with E-state index in [4.69, 9.17) is 4.74 Å². The molecule has 2 heterocycles. The number of nitrogens with zero attached hydrogens (tertiary/aromatic N) is 3. The van der Waals surface area contributed by atoms with Gasteiger partial charge < -0.3 is 10.1 Å². The van der Waals surface area contributed by atoms with E-state index in [2.05, 4.69) is 52.6 Å². The van der Waals surface area contributed by atoms with Crippen LogP contribution in [0.4, 0.5) is 5.69 Å². The first-order valence-corrected chi connectivity index (χ1v) is 10.9. The molecule has 2 aromatic carbocycles. The molecule has 0 saturated heterocycles. The Morgan fingerprint density at radius 3 is 2.72 bits per heavy atom. The van der Waals surface area contributed by atoms with Gasteiger partial charge in [-0.05, 0) is 30.5 Å². The van der Waals surface area contributed by atoms with E-state index in [-0.39, 0.29) is 6.23 Å². The molecule has 1 atom stereocenters. The molecule has 0 fully saturated rings. The summed E-state index contributed by atoms with van der Waals surface area (Å²) in [6, 6.07) is 18.3. The fraction of sp³-hybridized carbons (Fsp3) is 0.261. The predicted molar refractivity (Wildman–Crippen MR) is 119 cm³/mol. The molecule has 0 amide bonds. The van der Waals surface area contributed by atoms with Gasteiger partial charge in [0.2, 0.25) is 11.0 Å². The van der Waals surface area contributed by atoms with Crippen LogP contribution in [0.5, 0.6) is 5.88 Å². The van der Waals surface area contributed by atoms with Crippen LogP contribution in [0, 0.1) is 0 Å². The van der Waals surface area contributed by atoms with Crippen LogP contribution in [0.2, 0.25) is 0 Å². The van der Waals surface area contributed by atoms with E-state index in [9.17, 15) is 0 Å². The first-order chi connectivity index (χ1) is 14.2. The fourth-order valence-corrected chi connectivity index (χ4v) is 3.97. The van der Waals surface area contributed by atoms with Crippen LogP contribution in [0.1, 0.15) is 32.3 Å². The summed E-state index contributed by atoms with van der Waals surface area (Å²) in [5.41, 5.74) is 4.76. The largest absolute Gasteiger partial charge is 0.448 e. The van der Waals surface area contributed by atoms with Crippen molar-refractivity contribution < 1.29 is 4.74 Å². The maximum atomic E-state index is 6.31. The average Bonchev–Trinajstić information content (AvgIpc) is 2.91. The Kier molecular flexibility index (Phi) is 6.10. The van der Waals surface area contributed by atoms with Crippen LogP contribution in [0.15, 0.2) is 65.3 Å². The Hall–Kier alpha value is -2.86. The van der Waals surface area contributed by atoms with Crippen molar-refractivity contribution in [2.24, 2.45) is 0 Å². The summed E-state index contributed by atoms with van der Waals surface area (Å²) in [5.74, 6) is 1.49. The van der Waals surface area contributed by atoms with Gasteiger partial charge >= 0.3 is 0 Å². The van der Waals surface area contributed by atoms with Crippen LogP contribution in [0.3, 0.4) is 0 Å². The van der Waals surface area contributed by atoms with Gasteiger partial charge in [0.15, 0.2) is 11.9 Å². The van der Waals surface area contributed by atoms with Crippen molar-refractivity contribution in [3.05, 3.63) is 65.7 Å². The summed E-state index contributed by atoms with van der Waals surface area (Å²) >= 11 is 1.62. The Bertz CT molecular complexity index is 1010. The zero-order valence-electron chi connectivity index (χ0n) is 16.6. The molecule has 1 N–H and O–H groups in total. The fourth-order valence-electron chi connectivity index (χ4n) is 3.11. The number of rotatable bonds is 6. The molecule has 1 aliphatic heterocycles. The number of nitrogens with one attached hydrogen (secondary N) is 1. The van der Waals surface area contributed by atoms with Gasteiger partial charge in [0.05, 0.1) is 0 Å². The van der Waals surface area contributed by atoms with Gasteiger partial charge in [-0.15, -0.1) is 10.2 Å².